The van der Waals surface area contributed by atoms with Crippen molar-refractivity contribution in [1.82, 2.24) is 19.8 Å². The highest BCUT2D eigenvalue weighted by Gasteiger charge is 2.40. The fraction of sp³-hybridized carbons (Fsp3) is 0.455. The number of piperidine rings is 1. The van der Waals surface area contributed by atoms with Gasteiger partial charge in [-0.2, -0.15) is 4.52 Å². The minimum absolute atomic E-state index is 0.0605. The van der Waals surface area contributed by atoms with Crippen LogP contribution in [0.3, 0.4) is 0 Å². The highest BCUT2D eigenvalue weighted by Crippen LogP contribution is 2.32. The van der Waals surface area contributed by atoms with E-state index in [4.69, 9.17) is 14.6 Å². The maximum Gasteiger partial charge on any atom is 0.224 e. The van der Waals surface area contributed by atoms with E-state index in [0.29, 0.717) is 37.5 Å². The maximum atomic E-state index is 12.3. The molecule has 9 heteroatoms. The van der Waals surface area contributed by atoms with E-state index in [9.17, 15) is 4.79 Å². The number of nitrogens with one attached hydrogen (secondary N) is 1. The molecule has 0 radical (unpaired) electrons. The number of rotatable bonds is 5. The van der Waals surface area contributed by atoms with Crippen LogP contribution in [0.1, 0.15) is 30.7 Å². The van der Waals surface area contributed by atoms with Crippen molar-refractivity contribution in [3.63, 3.8) is 0 Å². The lowest BCUT2D eigenvalue weighted by atomic mass is 10.0. The lowest BCUT2D eigenvalue weighted by Gasteiger charge is -2.38. The van der Waals surface area contributed by atoms with Crippen molar-refractivity contribution < 1.29 is 14.3 Å². The number of aromatic nitrogens is 4. The Morgan fingerprint density at radius 3 is 2.55 bits per heavy atom. The number of hydrogen-bond acceptors (Lipinski definition) is 7. The third kappa shape index (κ3) is 4.24. The number of nitrogens with zero attached hydrogens (tertiary/aromatic N) is 5. The van der Waals surface area contributed by atoms with Gasteiger partial charge in [-0.15, -0.1) is 15.3 Å². The van der Waals surface area contributed by atoms with Gasteiger partial charge in [0.25, 0.3) is 0 Å². The van der Waals surface area contributed by atoms with E-state index in [1.165, 1.54) is 0 Å². The molecule has 5 rings (SSSR count). The minimum Gasteiger partial charge on any atom is -0.355 e. The fourth-order valence-electron chi connectivity index (χ4n) is 4.10. The molecule has 0 unspecified atom stereocenters. The molecule has 9 nitrogen and oxygen atoms in total. The summed E-state index contributed by atoms with van der Waals surface area (Å²) in [6.45, 7) is 4.99. The van der Waals surface area contributed by atoms with Gasteiger partial charge in [-0.1, -0.05) is 17.7 Å². The van der Waals surface area contributed by atoms with Crippen molar-refractivity contribution in [3.8, 4) is 0 Å². The SMILES string of the molecule is Cc1ccc(NC(=O)CCc2nnc3ccc(N4CCC5(CC4)OCCO5)nn23)cc1. The van der Waals surface area contributed by atoms with E-state index >= 15 is 0 Å². The van der Waals surface area contributed by atoms with E-state index < -0.39 is 5.79 Å². The van der Waals surface area contributed by atoms with E-state index in [1.807, 2.05) is 43.3 Å². The second kappa shape index (κ2) is 8.24. The van der Waals surface area contributed by atoms with Crippen LogP contribution in [0.5, 0.6) is 0 Å². The lowest BCUT2D eigenvalue weighted by molar-refractivity contribution is -0.169. The lowest BCUT2D eigenvalue weighted by Crippen LogP contribution is -2.45. The van der Waals surface area contributed by atoms with Crippen molar-refractivity contribution >= 4 is 23.1 Å². The molecule has 0 saturated carbocycles. The van der Waals surface area contributed by atoms with Gasteiger partial charge in [0.1, 0.15) is 5.82 Å². The van der Waals surface area contributed by atoms with Gasteiger partial charge < -0.3 is 19.7 Å². The molecule has 4 heterocycles. The second-order valence-corrected chi connectivity index (χ2v) is 8.09. The van der Waals surface area contributed by atoms with Crippen LogP contribution in [0.4, 0.5) is 11.5 Å². The number of hydrogen-bond donors (Lipinski definition) is 1. The predicted molar refractivity (Wildman–Crippen MR) is 115 cm³/mol. The Bertz CT molecular complexity index is 1060. The number of carbonyl (C=O) groups excluding carboxylic acids is 1. The number of amides is 1. The third-order valence-corrected chi connectivity index (χ3v) is 5.89. The van der Waals surface area contributed by atoms with Crippen molar-refractivity contribution in [3.05, 3.63) is 47.8 Å². The van der Waals surface area contributed by atoms with Gasteiger partial charge in [-0.25, -0.2) is 0 Å². The van der Waals surface area contributed by atoms with E-state index in [2.05, 4.69) is 20.4 Å². The molecule has 2 aliphatic heterocycles. The van der Waals surface area contributed by atoms with Crippen molar-refractivity contribution in [2.45, 2.75) is 38.4 Å². The van der Waals surface area contributed by atoms with Gasteiger partial charge in [-0.05, 0) is 31.2 Å². The van der Waals surface area contributed by atoms with Crippen molar-refractivity contribution in [2.24, 2.45) is 0 Å². The summed E-state index contributed by atoms with van der Waals surface area (Å²) in [6.07, 6.45) is 2.41. The zero-order valence-corrected chi connectivity index (χ0v) is 17.6. The summed E-state index contributed by atoms with van der Waals surface area (Å²) >= 11 is 0. The zero-order chi connectivity index (χ0) is 21.3. The van der Waals surface area contributed by atoms with E-state index in [-0.39, 0.29) is 5.91 Å². The van der Waals surface area contributed by atoms with Gasteiger partial charge in [0, 0.05) is 44.5 Å². The summed E-state index contributed by atoms with van der Waals surface area (Å²) in [5.74, 6) is 1.07. The number of fused-ring (bicyclic) bond motifs is 1. The van der Waals surface area contributed by atoms with Gasteiger partial charge >= 0.3 is 0 Å². The van der Waals surface area contributed by atoms with Gasteiger partial charge in [0.15, 0.2) is 17.3 Å². The molecule has 0 aliphatic carbocycles. The van der Waals surface area contributed by atoms with Crippen LogP contribution in [-0.2, 0) is 20.7 Å². The molecule has 2 fully saturated rings. The second-order valence-electron chi connectivity index (χ2n) is 8.09. The normalized spacial score (nSPS) is 18.0. The van der Waals surface area contributed by atoms with Crippen molar-refractivity contribution in [2.75, 3.05) is 36.5 Å². The molecule has 1 aromatic carbocycles. The maximum absolute atomic E-state index is 12.3. The molecule has 1 spiro atoms. The first-order valence-electron chi connectivity index (χ1n) is 10.7. The molecular formula is C22H26N6O3. The van der Waals surface area contributed by atoms with Crippen LogP contribution in [0.2, 0.25) is 0 Å². The van der Waals surface area contributed by atoms with Crippen LogP contribution in [0.15, 0.2) is 36.4 Å². The number of benzene rings is 1. The Morgan fingerprint density at radius 2 is 1.81 bits per heavy atom. The Hall–Kier alpha value is -3.04. The topological polar surface area (TPSA) is 93.9 Å². The molecular weight excluding hydrogens is 396 g/mol. The standard InChI is InChI=1S/C22H26N6O3/c1-16-2-4-17(5-3-16)23-21(29)9-8-19-25-24-18-6-7-20(26-28(18)19)27-12-10-22(11-13-27)30-14-15-31-22/h2-7H,8-15H2,1H3,(H,23,29). The first kappa shape index (κ1) is 19.9. The molecule has 0 atom stereocenters. The first-order chi connectivity index (χ1) is 15.1. The Balaban J connectivity index is 1.24. The van der Waals surface area contributed by atoms with E-state index in [0.717, 1.165) is 43.0 Å². The number of anilines is 2. The van der Waals surface area contributed by atoms with Crippen LogP contribution in [0.25, 0.3) is 5.65 Å². The van der Waals surface area contributed by atoms with Crippen LogP contribution in [0, 0.1) is 6.92 Å². The highest BCUT2D eigenvalue weighted by molar-refractivity contribution is 5.90. The molecule has 31 heavy (non-hydrogen) atoms. The summed E-state index contributed by atoms with van der Waals surface area (Å²) in [7, 11) is 0. The van der Waals surface area contributed by atoms with Crippen LogP contribution >= 0.6 is 0 Å². The highest BCUT2D eigenvalue weighted by atomic mass is 16.7. The van der Waals surface area contributed by atoms with Crippen LogP contribution < -0.4 is 10.2 Å². The summed E-state index contributed by atoms with van der Waals surface area (Å²) < 4.78 is 13.4. The Labute approximate surface area is 180 Å². The van der Waals surface area contributed by atoms with Crippen LogP contribution in [-0.4, -0.2) is 57.8 Å². The van der Waals surface area contributed by atoms with Gasteiger partial charge in [0.2, 0.25) is 5.91 Å². The van der Waals surface area contributed by atoms with Gasteiger partial charge in [0.05, 0.1) is 13.2 Å². The third-order valence-electron chi connectivity index (χ3n) is 5.89. The summed E-state index contributed by atoms with van der Waals surface area (Å²) in [6, 6.07) is 11.6. The number of ether oxygens (including phenoxy) is 2. The number of carbonyl (C=O) groups is 1. The van der Waals surface area contributed by atoms with Gasteiger partial charge in [-0.3, -0.25) is 4.79 Å². The molecule has 3 aromatic rings. The monoisotopic (exact) mass is 422 g/mol. The molecule has 0 bridgehead atoms. The van der Waals surface area contributed by atoms with Crippen molar-refractivity contribution in [1.29, 1.82) is 0 Å². The Kier molecular flexibility index (Phi) is 5.29. The smallest absolute Gasteiger partial charge is 0.224 e. The summed E-state index contributed by atoms with van der Waals surface area (Å²) in [5.41, 5.74) is 2.62. The molecule has 162 valence electrons. The molecule has 2 aromatic heterocycles. The minimum atomic E-state index is -0.410. The summed E-state index contributed by atoms with van der Waals surface area (Å²) in [5, 5.41) is 16.1. The quantitative estimate of drug-likeness (QED) is 0.674. The van der Waals surface area contributed by atoms with E-state index in [1.54, 1.807) is 4.52 Å². The average molecular weight is 422 g/mol. The summed E-state index contributed by atoms with van der Waals surface area (Å²) in [4.78, 5) is 14.6. The predicted octanol–water partition coefficient (Wildman–Crippen LogP) is 2.35. The number of aryl methyl sites for hydroxylation is 2. The fourth-order valence-corrected chi connectivity index (χ4v) is 4.10. The molecule has 1 amide bonds. The molecule has 1 N–H and O–H groups in total. The first-order valence-corrected chi connectivity index (χ1v) is 10.7. The Morgan fingerprint density at radius 1 is 1.06 bits per heavy atom. The molecule has 2 saturated heterocycles. The molecule has 2 aliphatic rings. The largest absolute Gasteiger partial charge is 0.355 e. The zero-order valence-electron chi connectivity index (χ0n) is 17.6. The average Bonchev–Trinajstić information content (AvgIpc) is 3.41.